The molecule has 2 amide bonds. The quantitative estimate of drug-likeness (QED) is 0.893. The standard InChI is InChI=1S/C18H22N4O3/c1-18(16-19-10-11-20-16)9-6-12-22(18)15(23)14(21-17(24)25-2)13-7-4-3-5-8-13/h3-5,7-8,10-11,14H,6,9,12H2,1-2H3,(H,19,20)(H,21,24)/t14-,18+/m1/s1. The number of aromatic nitrogens is 2. The van der Waals surface area contributed by atoms with Crippen LogP contribution in [0.1, 0.15) is 37.2 Å². The van der Waals surface area contributed by atoms with Gasteiger partial charge < -0.3 is 19.9 Å². The molecule has 1 fully saturated rings. The lowest BCUT2D eigenvalue weighted by molar-refractivity contribution is -0.137. The summed E-state index contributed by atoms with van der Waals surface area (Å²) in [6.07, 6.45) is 4.49. The molecule has 3 rings (SSSR count). The van der Waals surface area contributed by atoms with Crippen molar-refractivity contribution in [2.45, 2.75) is 31.3 Å². The number of hydrogen-bond donors (Lipinski definition) is 2. The summed E-state index contributed by atoms with van der Waals surface area (Å²) in [5.41, 5.74) is 0.192. The summed E-state index contributed by atoms with van der Waals surface area (Å²) in [6.45, 7) is 2.61. The highest BCUT2D eigenvalue weighted by Gasteiger charge is 2.45. The van der Waals surface area contributed by atoms with Crippen LogP contribution in [-0.4, -0.2) is 40.5 Å². The number of alkyl carbamates (subject to hydrolysis) is 1. The molecule has 0 bridgehead atoms. The second kappa shape index (κ2) is 6.96. The van der Waals surface area contributed by atoms with E-state index < -0.39 is 17.7 Å². The van der Waals surface area contributed by atoms with Crippen LogP contribution in [0.25, 0.3) is 0 Å². The molecule has 0 spiro atoms. The second-order valence-corrected chi connectivity index (χ2v) is 6.28. The van der Waals surface area contributed by atoms with E-state index in [4.69, 9.17) is 4.74 Å². The van der Waals surface area contributed by atoms with Gasteiger partial charge in [-0.1, -0.05) is 30.3 Å². The summed E-state index contributed by atoms with van der Waals surface area (Å²) in [7, 11) is 1.28. The normalized spacial score (nSPS) is 21.0. The van der Waals surface area contributed by atoms with Crippen LogP contribution in [0.4, 0.5) is 4.79 Å². The third kappa shape index (κ3) is 3.22. The number of imidazole rings is 1. The Morgan fingerprint density at radius 3 is 2.76 bits per heavy atom. The Kier molecular flexibility index (Phi) is 4.74. The molecular weight excluding hydrogens is 320 g/mol. The minimum Gasteiger partial charge on any atom is -0.453 e. The molecule has 7 heteroatoms. The van der Waals surface area contributed by atoms with Gasteiger partial charge in [-0.05, 0) is 25.3 Å². The predicted octanol–water partition coefficient (Wildman–Crippen LogP) is 2.34. The third-order valence-electron chi connectivity index (χ3n) is 4.74. The molecule has 7 nitrogen and oxygen atoms in total. The summed E-state index contributed by atoms with van der Waals surface area (Å²) in [5, 5.41) is 2.66. The van der Waals surface area contributed by atoms with Crippen LogP contribution in [0, 0.1) is 0 Å². The molecule has 25 heavy (non-hydrogen) atoms. The van der Waals surface area contributed by atoms with E-state index in [9.17, 15) is 9.59 Å². The molecule has 1 aliphatic heterocycles. The molecule has 1 aromatic heterocycles. The molecule has 1 saturated heterocycles. The van der Waals surface area contributed by atoms with Crippen LogP contribution < -0.4 is 5.32 Å². The number of carbonyl (C=O) groups is 2. The van der Waals surface area contributed by atoms with Gasteiger partial charge >= 0.3 is 6.09 Å². The number of nitrogens with one attached hydrogen (secondary N) is 2. The number of rotatable bonds is 4. The number of amides is 2. The van der Waals surface area contributed by atoms with E-state index in [1.54, 1.807) is 17.3 Å². The Bertz CT molecular complexity index is 732. The predicted molar refractivity (Wildman–Crippen MR) is 91.6 cm³/mol. The van der Waals surface area contributed by atoms with E-state index in [1.807, 2.05) is 37.3 Å². The number of carbonyl (C=O) groups excluding carboxylic acids is 2. The molecular formula is C18H22N4O3. The van der Waals surface area contributed by atoms with Crippen molar-refractivity contribution in [2.75, 3.05) is 13.7 Å². The zero-order valence-electron chi connectivity index (χ0n) is 14.4. The number of hydrogen-bond acceptors (Lipinski definition) is 4. The zero-order chi connectivity index (χ0) is 17.9. The lowest BCUT2D eigenvalue weighted by Gasteiger charge is -2.36. The summed E-state index contributed by atoms with van der Waals surface area (Å²) >= 11 is 0. The first kappa shape index (κ1) is 17.0. The molecule has 2 heterocycles. The van der Waals surface area contributed by atoms with Crippen molar-refractivity contribution < 1.29 is 14.3 Å². The van der Waals surface area contributed by atoms with Crippen LogP contribution in [0.5, 0.6) is 0 Å². The van der Waals surface area contributed by atoms with E-state index in [0.29, 0.717) is 12.1 Å². The number of benzene rings is 1. The monoisotopic (exact) mass is 342 g/mol. The first-order valence-corrected chi connectivity index (χ1v) is 8.27. The molecule has 1 aliphatic rings. The second-order valence-electron chi connectivity index (χ2n) is 6.28. The van der Waals surface area contributed by atoms with E-state index in [0.717, 1.165) is 18.7 Å². The maximum absolute atomic E-state index is 13.3. The number of nitrogens with zero attached hydrogens (tertiary/aromatic N) is 2. The number of aromatic amines is 1. The number of likely N-dealkylation sites (tertiary alicyclic amines) is 1. The maximum atomic E-state index is 13.3. The van der Waals surface area contributed by atoms with Crippen LogP contribution in [0.2, 0.25) is 0 Å². The molecule has 1 aromatic carbocycles. The van der Waals surface area contributed by atoms with Gasteiger partial charge in [0.05, 0.1) is 12.6 Å². The summed E-state index contributed by atoms with van der Waals surface area (Å²) in [4.78, 5) is 34.4. The molecule has 0 aliphatic carbocycles. The first-order valence-electron chi connectivity index (χ1n) is 8.27. The first-order chi connectivity index (χ1) is 12.1. The van der Waals surface area contributed by atoms with Crippen molar-refractivity contribution in [3.8, 4) is 0 Å². The minimum atomic E-state index is -0.805. The summed E-state index contributed by atoms with van der Waals surface area (Å²) < 4.78 is 4.70. The number of H-pyrrole nitrogens is 1. The largest absolute Gasteiger partial charge is 0.453 e. The third-order valence-corrected chi connectivity index (χ3v) is 4.74. The van der Waals surface area contributed by atoms with Crippen molar-refractivity contribution in [3.63, 3.8) is 0 Å². The summed E-state index contributed by atoms with van der Waals surface area (Å²) in [6, 6.07) is 8.37. The Morgan fingerprint density at radius 2 is 2.12 bits per heavy atom. The highest BCUT2D eigenvalue weighted by molar-refractivity contribution is 5.87. The zero-order valence-corrected chi connectivity index (χ0v) is 14.4. The fraction of sp³-hybridized carbons (Fsp3) is 0.389. The summed E-state index contributed by atoms with van der Waals surface area (Å²) in [5.74, 6) is 0.580. The highest BCUT2D eigenvalue weighted by atomic mass is 16.5. The van der Waals surface area contributed by atoms with Gasteiger partial charge in [-0.25, -0.2) is 9.78 Å². The van der Waals surface area contributed by atoms with Crippen molar-refractivity contribution in [2.24, 2.45) is 0 Å². The molecule has 0 saturated carbocycles. The Balaban J connectivity index is 1.93. The molecule has 2 aromatic rings. The van der Waals surface area contributed by atoms with Gasteiger partial charge in [-0.3, -0.25) is 4.79 Å². The van der Waals surface area contributed by atoms with E-state index in [2.05, 4.69) is 15.3 Å². The van der Waals surface area contributed by atoms with Crippen molar-refractivity contribution >= 4 is 12.0 Å². The van der Waals surface area contributed by atoms with Crippen LogP contribution >= 0.6 is 0 Å². The van der Waals surface area contributed by atoms with Gasteiger partial charge in [0.25, 0.3) is 5.91 Å². The SMILES string of the molecule is COC(=O)N[C@@H](C(=O)N1CCC[C@@]1(C)c1ncc[nH]1)c1ccccc1. The fourth-order valence-corrected chi connectivity index (χ4v) is 3.39. The minimum absolute atomic E-state index is 0.173. The van der Waals surface area contributed by atoms with Crippen LogP contribution in [0.15, 0.2) is 42.7 Å². The average Bonchev–Trinajstić information content (AvgIpc) is 3.30. The topological polar surface area (TPSA) is 87.3 Å². The maximum Gasteiger partial charge on any atom is 0.407 e. The van der Waals surface area contributed by atoms with Gasteiger partial charge in [0.1, 0.15) is 11.9 Å². The van der Waals surface area contributed by atoms with Crippen LogP contribution in [0.3, 0.4) is 0 Å². The molecule has 0 radical (unpaired) electrons. The van der Waals surface area contributed by atoms with Crippen molar-refractivity contribution in [1.82, 2.24) is 20.2 Å². The Labute approximate surface area is 146 Å². The van der Waals surface area contributed by atoms with Crippen LogP contribution in [-0.2, 0) is 15.1 Å². The number of ether oxygens (including phenoxy) is 1. The molecule has 0 unspecified atom stereocenters. The smallest absolute Gasteiger partial charge is 0.407 e. The van der Waals surface area contributed by atoms with E-state index >= 15 is 0 Å². The van der Waals surface area contributed by atoms with Gasteiger partial charge in [-0.15, -0.1) is 0 Å². The fourth-order valence-electron chi connectivity index (χ4n) is 3.39. The van der Waals surface area contributed by atoms with Gasteiger partial charge in [-0.2, -0.15) is 0 Å². The average molecular weight is 342 g/mol. The highest BCUT2D eigenvalue weighted by Crippen LogP contribution is 2.38. The lowest BCUT2D eigenvalue weighted by atomic mass is 9.96. The van der Waals surface area contributed by atoms with Crippen molar-refractivity contribution in [3.05, 3.63) is 54.1 Å². The van der Waals surface area contributed by atoms with Gasteiger partial charge in [0.15, 0.2) is 0 Å². The van der Waals surface area contributed by atoms with Gasteiger partial charge in [0.2, 0.25) is 0 Å². The Morgan fingerprint density at radius 1 is 1.36 bits per heavy atom. The lowest BCUT2D eigenvalue weighted by Crippen LogP contribution is -2.49. The van der Waals surface area contributed by atoms with E-state index in [1.165, 1.54) is 7.11 Å². The molecule has 2 atom stereocenters. The Hall–Kier alpha value is -2.83. The molecule has 2 N–H and O–H groups in total. The van der Waals surface area contributed by atoms with Gasteiger partial charge in [0, 0.05) is 18.9 Å². The van der Waals surface area contributed by atoms with Crippen molar-refractivity contribution in [1.29, 1.82) is 0 Å². The van der Waals surface area contributed by atoms with E-state index in [-0.39, 0.29) is 5.91 Å². The number of methoxy groups -OCH3 is 1. The molecule has 132 valence electrons.